The van der Waals surface area contributed by atoms with Gasteiger partial charge in [-0.1, -0.05) is 30.3 Å². The van der Waals surface area contributed by atoms with E-state index in [1.165, 1.54) is 7.11 Å². The van der Waals surface area contributed by atoms with Crippen LogP contribution in [0.15, 0.2) is 42.9 Å². The Kier molecular flexibility index (Phi) is 5.94. The van der Waals surface area contributed by atoms with Crippen LogP contribution in [-0.4, -0.2) is 91.6 Å². The number of H-pyrrole nitrogens is 1. The highest BCUT2D eigenvalue weighted by Crippen LogP contribution is 2.41. The summed E-state index contributed by atoms with van der Waals surface area (Å²) in [6.07, 6.45) is 3.11. The SMILES string of the molecule is COc1cnc(-n2cnc(C)n2)c2c1C(C(=O)C(=O)N1CCN(c3n[nH]nc3-c3ccccc3)CC1)CN2. The van der Waals surface area contributed by atoms with Gasteiger partial charge in [-0.25, -0.2) is 14.6 Å². The number of fused-ring (bicyclic) bond motifs is 1. The number of nitrogens with zero attached hydrogens (tertiary/aromatic N) is 8. The number of carbonyl (C=O) groups excluding carboxylic acids is 2. The summed E-state index contributed by atoms with van der Waals surface area (Å²) < 4.78 is 7.06. The lowest BCUT2D eigenvalue weighted by Gasteiger charge is -2.35. The topological polar surface area (TPSA) is 147 Å². The number of piperazine rings is 1. The third-order valence-electron chi connectivity index (χ3n) is 6.91. The van der Waals surface area contributed by atoms with E-state index in [4.69, 9.17) is 4.74 Å². The van der Waals surface area contributed by atoms with Crippen LogP contribution in [-0.2, 0) is 9.59 Å². The molecule has 2 aliphatic rings. The maximum Gasteiger partial charge on any atom is 0.290 e. The van der Waals surface area contributed by atoms with E-state index in [0.29, 0.717) is 54.8 Å². The molecule has 2 aliphatic heterocycles. The number of ketones is 1. The van der Waals surface area contributed by atoms with Crippen molar-refractivity contribution < 1.29 is 14.3 Å². The molecule has 1 fully saturated rings. The minimum absolute atomic E-state index is 0.266. The minimum Gasteiger partial charge on any atom is -0.495 e. The van der Waals surface area contributed by atoms with E-state index in [-0.39, 0.29) is 6.54 Å². The van der Waals surface area contributed by atoms with E-state index in [1.54, 1.807) is 29.0 Å². The van der Waals surface area contributed by atoms with Gasteiger partial charge < -0.3 is 19.9 Å². The van der Waals surface area contributed by atoms with Gasteiger partial charge >= 0.3 is 0 Å². The number of anilines is 2. The first-order chi connectivity index (χ1) is 18.5. The highest BCUT2D eigenvalue weighted by atomic mass is 16.5. The van der Waals surface area contributed by atoms with E-state index in [9.17, 15) is 9.59 Å². The Labute approximate surface area is 217 Å². The number of pyridine rings is 1. The van der Waals surface area contributed by atoms with Crippen LogP contribution in [0.2, 0.25) is 0 Å². The summed E-state index contributed by atoms with van der Waals surface area (Å²) in [5, 5.41) is 18.9. The molecule has 3 aromatic heterocycles. The van der Waals surface area contributed by atoms with Crippen LogP contribution in [0.4, 0.5) is 11.5 Å². The zero-order valence-corrected chi connectivity index (χ0v) is 21.0. The van der Waals surface area contributed by atoms with Gasteiger partial charge in [0.1, 0.15) is 23.6 Å². The molecule has 2 N–H and O–H groups in total. The molecule has 1 atom stereocenters. The van der Waals surface area contributed by atoms with Crippen molar-refractivity contribution in [2.75, 3.05) is 50.1 Å². The second-order valence-electron chi connectivity index (χ2n) is 9.11. The maximum atomic E-state index is 13.5. The van der Waals surface area contributed by atoms with E-state index in [1.807, 2.05) is 30.3 Å². The van der Waals surface area contributed by atoms with Crippen LogP contribution in [0.5, 0.6) is 5.75 Å². The van der Waals surface area contributed by atoms with Crippen LogP contribution in [0.1, 0.15) is 17.3 Å². The number of methoxy groups -OCH3 is 1. The number of aryl methyl sites for hydroxylation is 1. The first-order valence-electron chi connectivity index (χ1n) is 12.3. The second-order valence-corrected chi connectivity index (χ2v) is 9.11. The fourth-order valence-electron chi connectivity index (χ4n) is 4.99. The van der Waals surface area contributed by atoms with E-state index in [2.05, 4.69) is 40.7 Å². The van der Waals surface area contributed by atoms with Gasteiger partial charge in [-0.2, -0.15) is 15.4 Å². The number of carbonyl (C=O) groups is 2. The lowest BCUT2D eigenvalue weighted by atomic mass is 9.95. The molecule has 0 bridgehead atoms. The number of rotatable bonds is 6. The van der Waals surface area contributed by atoms with Crippen molar-refractivity contribution in [3.05, 3.63) is 54.2 Å². The van der Waals surface area contributed by atoms with Gasteiger partial charge in [-0.15, -0.1) is 5.10 Å². The Morgan fingerprint density at radius 2 is 1.82 bits per heavy atom. The van der Waals surface area contributed by atoms with Crippen LogP contribution in [0.3, 0.4) is 0 Å². The third kappa shape index (κ3) is 4.01. The summed E-state index contributed by atoms with van der Waals surface area (Å²) in [5.74, 6) is 0.582. The van der Waals surface area contributed by atoms with Crippen molar-refractivity contribution in [2.45, 2.75) is 12.8 Å². The predicted octanol–water partition coefficient (Wildman–Crippen LogP) is 1.19. The summed E-state index contributed by atoms with van der Waals surface area (Å²) in [7, 11) is 1.52. The molecule has 38 heavy (non-hydrogen) atoms. The number of hydrogen-bond donors (Lipinski definition) is 2. The molecule has 5 heterocycles. The number of benzene rings is 1. The molecule has 1 amide bonds. The standard InChI is InChI=1S/C25H26N10O3/c1-15-28-14-35(31-15)23-21-19(18(38-2)13-27-23)17(12-26-21)22(36)25(37)34-10-8-33(9-11-34)24-20(29-32-30-24)16-6-4-3-5-7-16/h3-7,13-14,17,26H,8-12H2,1-2H3,(H,29,30,32). The Balaban J connectivity index is 1.18. The number of aromatic nitrogens is 7. The quantitative estimate of drug-likeness (QED) is 0.360. The normalized spacial score (nSPS) is 16.7. The number of aromatic amines is 1. The summed E-state index contributed by atoms with van der Waals surface area (Å²) in [5.41, 5.74) is 2.94. The van der Waals surface area contributed by atoms with Gasteiger partial charge in [0.25, 0.3) is 5.91 Å². The lowest BCUT2D eigenvalue weighted by molar-refractivity contribution is -0.145. The van der Waals surface area contributed by atoms with Gasteiger partial charge in [0, 0.05) is 43.9 Å². The average Bonchev–Trinajstić information content (AvgIpc) is 3.72. The van der Waals surface area contributed by atoms with Crippen LogP contribution in [0, 0.1) is 6.92 Å². The molecule has 1 unspecified atom stereocenters. The number of amides is 1. The summed E-state index contributed by atoms with van der Waals surface area (Å²) in [4.78, 5) is 39.1. The van der Waals surface area contributed by atoms with Gasteiger partial charge in [0.05, 0.1) is 24.9 Å². The van der Waals surface area contributed by atoms with Crippen molar-refractivity contribution in [1.82, 2.24) is 40.1 Å². The molecule has 6 rings (SSSR count). The number of Topliss-reactive ketones (excluding diaryl/α,β-unsaturated/α-hetero) is 1. The molecule has 4 aromatic rings. The van der Waals surface area contributed by atoms with Gasteiger partial charge in [-0.3, -0.25) is 9.59 Å². The molecule has 0 radical (unpaired) electrons. The first-order valence-corrected chi connectivity index (χ1v) is 12.3. The second kappa shape index (κ2) is 9.57. The Morgan fingerprint density at radius 3 is 2.53 bits per heavy atom. The Hall–Kier alpha value is -4.81. The number of nitrogens with one attached hydrogen (secondary N) is 2. The van der Waals surface area contributed by atoms with Crippen molar-refractivity contribution in [3.63, 3.8) is 0 Å². The molecule has 13 heteroatoms. The minimum atomic E-state index is -0.697. The van der Waals surface area contributed by atoms with E-state index in [0.717, 1.165) is 17.1 Å². The summed E-state index contributed by atoms with van der Waals surface area (Å²) in [6.45, 7) is 3.92. The van der Waals surface area contributed by atoms with Crippen LogP contribution >= 0.6 is 0 Å². The van der Waals surface area contributed by atoms with Gasteiger partial charge in [0.15, 0.2) is 11.6 Å². The molecular weight excluding hydrogens is 488 g/mol. The molecule has 194 valence electrons. The summed E-state index contributed by atoms with van der Waals surface area (Å²) >= 11 is 0. The average molecular weight is 515 g/mol. The fraction of sp³-hybridized carbons (Fsp3) is 0.320. The fourth-order valence-corrected chi connectivity index (χ4v) is 4.99. The van der Waals surface area contributed by atoms with E-state index < -0.39 is 17.6 Å². The zero-order valence-electron chi connectivity index (χ0n) is 21.0. The number of ether oxygens (including phenoxy) is 1. The van der Waals surface area contributed by atoms with E-state index >= 15 is 0 Å². The lowest BCUT2D eigenvalue weighted by Crippen LogP contribution is -2.51. The van der Waals surface area contributed by atoms with Crippen molar-refractivity contribution >= 4 is 23.2 Å². The largest absolute Gasteiger partial charge is 0.495 e. The molecule has 0 saturated carbocycles. The molecule has 0 spiro atoms. The number of hydrogen-bond acceptors (Lipinski definition) is 10. The third-order valence-corrected chi connectivity index (χ3v) is 6.91. The maximum absolute atomic E-state index is 13.5. The first kappa shape index (κ1) is 23.6. The molecule has 1 aromatic carbocycles. The monoisotopic (exact) mass is 514 g/mol. The van der Waals surface area contributed by atoms with Crippen LogP contribution < -0.4 is 15.0 Å². The molecular formula is C25H26N10O3. The Bertz CT molecular complexity index is 1490. The van der Waals surface area contributed by atoms with Crippen molar-refractivity contribution in [3.8, 4) is 22.8 Å². The smallest absolute Gasteiger partial charge is 0.290 e. The van der Waals surface area contributed by atoms with Crippen molar-refractivity contribution in [2.24, 2.45) is 0 Å². The molecule has 0 aliphatic carbocycles. The Morgan fingerprint density at radius 1 is 1.03 bits per heavy atom. The van der Waals surface area contributed by atoms with Gasteiger partial charge in [-0.05, 0) is 6.92 Å². The molecule has 1 saturated heterocycles. The summed E-state index contributed by atoms with van der Waals surface area (Å²) in [6, 6.07) is 9.81. The van der Waals surface area contributed by atoms with Crippen LogP contribution in [0.25, 0.3) is 17.1 Å². The zero-order chi connectivity index (χ0) is 26.2. The van der Waals surface area contributed by atoms with Crippen molar-refractivity contribution in [1.29, 1.82) is 0 Å². The molecule has 13 nitrogen and oxygen atoms in total. The highest BCUT2D eigenvalue weighted by molar-refractivity contribution is 6.38. The van der Waals surface area contributed by atoms with Gasteiger partial charge in [0.2, 0.25) is 5.78 Å². The highest BCUT2D eigenvalue weighted by Gasteiger charge is 2.40. The predicted molar refractivity (Wildman–Crippen MR) is 137 cm³/mol.